The zero-order valence-corrected chi connectivity index (χ0v) is 10.3. The van der Waals surface area contributed by atoms with Crippen molar-refractivity contribution >= 4 is 5.91 Å². The van der Waals surface area contributed by atoms with Crippen molar-refractivity contribution in [3.05, 3.63) is 0 Å². The normalized spacial score (nSPS) is 24.9. The van der Waals surface area contributed by atoms with Crippen molar-refractivity contribution < 1.29 is 23.1 Å². The van der Waals surface area contributed by atoms with Crippen molar-refractivity contribution in [3.8, 4) is 0 Å². The third kappa shape index (κ3) is 4.45. The van der Waals surface area contributed by atoms with Gasteiger partial charge in [-0.15, -0.1) is 0 Å². The summed E-state index contributed by atoms with van der Waals surface area (Å²) in [5, 5.41) is 11.9. The molecule has 1 heterocycles. The lowest BCUT2D eigenvalue weighted by molar-refractivity contribution is -0.166. The van der Waals surface area contributed by atoms with Gasteiger partial charge in [-0.3, -0.25) is 4.79 Å². The van der Waals surface area contributed by atoms with E-state index in [-0.39, 0.29) is 18.4 Å². The molecule has 1 aliphatic rings. The van der Waals surface area contributed by atoms with Crippen LogP contribution in [0.1, 0.15) is 13.3 Å². The Kier molecular flexibility index (Phi) is 5.40. The first kappa shape index (κ1) is 15.2. The molecule has 0 aromatic carbocycles. The van der Waals surface area contributed by atoms with Crippen LogP contribution >= 0.6 is 0 Å². The highest BCUT2D eigenvalue weighted by Gasteiger charge is 2.37. The standard InChI is InChI=1S/C11H19F3N2O2/c1-8-6-15-3-2-9(8)10(18)16(4-5-17)7-11(12,13)14/h8-9,15,17H,2-7H2,1H3. The quantitative estimate of drug-likeness (QED) is 0.785. The average Bonchev–Trinajstić information content (AvgIpc) is 2.26. The van der Waals surface area contributed by atoms with Crippen molar-refractivity contribution in [2.75, 3.05) is 32.8 Å². The summed E-state index contributed by atoms with van der Waals surface area (Å²) < 4.78 is 37.1. The summed E-state index contributed by atoms with van der Waals surface area (Å²) in [5.41, 5.74) is 0. The maximum Gasteiger partial charge on any atom is 0.406 e. The molecule has 0 spiro atoms. The van der Waals surface area contributed by atoms with Gasteiger partial charge in [-0.05, 0) is 25.4 Å². The zero-order chi connectivity index (χ0) is 13.8. The highest BCUT2D eigenvalue weighted by Crippen LogP contribution is 2.24. The monoisotopic (exact) mass is 268 g/mol. The molecule has 1 fully saturated rings. The fourth-order valence-electron chi connectivity index (χ4n) is 2.22. The van der Waals surface area contributed by atoms with Gasteiger partial charge in [0.15, 0.2) is 0 Å². The molecule has 106 valence electrons. The van der Waals surface area contributed by atoms with Gasteiger partial charge in [0.25, 0.3) is 0 Å². The van der Waals surface area contributed by atoms with Gasteiger partial charge < -0.3 is 15.3 Å². The third-order valence-electron chi connectivity index (χ3n) is 3.15. The number of aliphatic hydroxyl groups is 1. The predicted octanol–water partition coefficient (Wildman–Crippen LogP) is 0.615. The van der Waals surface area contributed by atoms with Crippen LogP contribution in [0.15, 0.2) is 0 Å². The highest BCUT2D eigenvalue weighted by molar-refractivity contribution is 5.79. The number of piperidine rings is 1. The molecule has 1 rings (SSSR count). The first-order valence-electron chi connectivity index (χ1n) is 6.02. The van der Waals surface area contributed by atoms with Gasteiger partial charge in [-0.1, -0.05) is 6.92 Å². The lowest BCUT2D eigenvalue weighted by Crippen LogP contribution is -2.48. The third-order valence-corrected chi connectivity index (χ3v) is 3.15. The van der Waals surface area contributed by atoms with Crippen molar-refractivity contribution in [3.63, 3.8) is 0 Å². The van der Waals surface area contributed by atoms with E-state index >= 15 is 0 Å². The maximum atomic E-state index is 12.4. The Balaban J connectivity index is 2.68. The molecular weight excluding hydrogens is 249 g/mol. The number of halogens is 3. The maximum absolute atomic E-state index is 12.4. The van der Waals surface area contributed by atoms with Gasteiger partial charge in [-0.2, -0.15) is 13.2 Å². The first-order valence-corrected chi connectivity index (χ1v) is 6.02. The molecule has 7 heteroatoms. The lowest BCUT2D eigenvalue weighted by Gasteiger charge is -2.33. The molecule has 1 saturated heterocycles. The number of hydrogen-bond acceptors (Lipinski definition) is 3. The number of carbonyl (C=O) groups is 1. The largest absolute Gasteiger partial charge is 0.406 e. The van der Waals surface area contributed by atoms with Crippen LogP contribution in [0.5, 0.6) is 0 Å². The van der Waals surface area contributed by atoms with Crippen molar-refractivity contribution in [2.24, 2.45) is 11.8 Å². The Morgan fingerprint density at radius 1 is 1.50 bits per heavy atom. The van der Waals surface area contributed by atoms with Crippen LogP contribution in [0.25, 0.3) is 0 Å². The number of amides is 1. The molecule has 0 radical (unpaired) electrons. The van der Waals surface area contributed by atoms with Crippen molar-refractivity contribution in [1.82, 2.24) is 10.2 Å². The molecule has 1 amide bonds. The van der Waals surface area contributed by atoms with Crippen LogP contribution in [-0.2, 0) is 4.79 Å². The van der Waals surface area contributed by atoms with Crippen molar-refractivity contribution in [2.45, 2.75) is 19.5 Å². The number of alkyl halides is 3. The van der Waals surface area contributed by atoms with Crippen LogP contribution in [0.2, 0.25) is 0 Å². The van der Waals surface area contributed by atoms with Crippen LogP contribution in [0.3, 0.4) is 0 Å². The van der Waals surface area contributed by atoms with E-state index in [1.54, 1.807) is 0 Å². The fraction of sp³-hybridized carbons (Fsp3) is 0.909. The molecule has 0 aliphatic carbocycles. The summed E-state index contributed by atoms with van der Waals surface area (Å²) >= 11 is 0. The highest BCUT2D eigenvalue weighted by atomic mass is 19.4. The summed E-state index contributed by atoms with van der Waals surface area (Å²) in [5.74, 6) is -0.879. The molecule has 0 aromatic heterocycles. The Morgan fingerprint density at radius 2 is 2.17 bits per heavy atom. The Labute approximate surface area is 104 Å². The summed E-state index contributed by atoms with van der Waals surface area (Å²) in [6.45, 7) is 1.10. The molecule has 0 bridgehead atoms. The molecule has 2 atom stereocenters. The van der Waals surface area contributed by atoms with E-state index in [0.29, 0.717) is 24.4 Å². The average molecular weight is 268 g/mol. The summed E-state index contributed by atoms with van der Waals surface area (Å²) in [4.78, 5) is 12.8. The second-order valence-electron chi connectivity index (χ2n) is 4.68. The van der Waals surface area contributed by atoms with Crippen molar-refractivity contribution in [1.29, 1.82) is 0 Å². The van der Waals surface area contributed by atoms with E-state index in [1.807, 2.05) is 6.92 Å². The smallest absolute Gasteiger partial charge is 0.395 e. The molecule has 2 N–H and O–H groups in total. The van der Waals surface area contributed by atoms with E-state index in [2.05, 4.69) is 5.32 Å². The number of rotatable bonds is 4. The number of nitrogens with zero attached hydrogens (tertiary/aromatic N) is 1. The first-order chi connectivity index (χ1) is 8.35. The topological polar surface area (TPSA) is 52.6 Å². The Morgan fingerprint density at radius 3 is 2.67 bits per heavy atom. The second kappa shape index (κ2) is 6.38. The van der Waals surface area contributed by atoms with Gasteiger partial charge in [0.2, 0.25) is 5.91 Å². The minimum Gasteiger partial charge on any atom is -0.395 e. The predicted molar refractivity (Wildman–Crippen MR) is 59.9 cm³/mol. The molecular formula is C11H19F3N2O2. The van der Waals surface area contributed by atoms with E-state index in [1.165, 1.54) is 0 Å². The molecule has 2 unspecified atom stereocenters. The van der Waals surface area contributed by atoms with Crippen LogP contribution in [-0.4, -0.2) is 54.9 Å². The van der Waals surface area contributed by atoms with Crippen LogP contribution in [0, 0.1) is 11.8 Å². The number of aliphatic hydroxyl groups excluding tert-OH is 1. The number of carbonyl (C=O) groups excluding carboxylic acids is 1. The van der Waals surface area contributed by atoms with Gasteiger partial charge in [0.1, 0.15) is 6.54 Å². The van der Waals surface area contributed by atoms with E-state index in [0.717, 1.165) is 0 Å². The van der Waals surface area contributed by atoms with E-state index in [4.69, 9.17) is 5.11 Å². The molecule has 18 heavy (non-hydrogen) atoms. The van der Waals surface area contributed by atoms with Gasteiger partial charge in [0, 0.05) is 12.5 Å². The van der Waals surface area contributed by atoms with Gasteiger partial charge in [-0.25, -0.2) is 0 Å². The van der Waals surface area contributed by atoms with Crippen LogP contribution < -0.4 is 5.32 Å². The molecule has 0 saturated carbocycles. The zero-order valence-electron chi connectivity index (χ0n) is 10.3. The summed E-state index contributed by atoms with van der Waals surface area (Å²) in [6, 6.07) is 0. The van der Waals surface area contributed by atoms with Gasteiger partial charge >= 0.3 is 6.18 Å². The molecule has 1 aliphatic heterocycles. The summed E-state index contributed by atoms with van der Waals surface area (Å²) in [7, 11) is 0. The second-order valence-corrected chi connectivity index (χ2v) is 4.68. The number of nitrogens with one attached hydrogen (secondary N) is 1. The van der Waals surface area contributed by atoms with E-state index in [9.17, 15) is 18.0 Å². The lowest BCUT2D eigenvalue weighted by atomic mass is 9.86. The summed E-state index contributed by atoms with van der Waals surface area (Å²) in [6.07, 6.45) is -3.89. The Bertz CT molecular complexity index is 284. The van der Waals surface area contributed by atoms with Gasteiger partial charge in [0.05, 0.1) is 6.61 Å². The minimum absolute atomic E-state index is 0.0145. The molecule has 4 nitrogen and oxygen atoms in total. The number of hydrogen-bond donors (Lipinski definition) is 2. The Hall–Kier alpha value is -0.820. The molecule has 0 aromatic rings. The minimum atomic E-state index is -4.43. The van der Waals surface area contributed by atoms with Crippen LogP contribution in [0.4, 0.5) is 13.2 Å². The van der Waals surface area contributed by atoms with E-state index < -0.39 is 25.2 Å². The fourth-order valence-corrected chi connectivity index (χ4v) is 2.22. The SMILES string of the molecule is CC1CNCCC1C(=O)N(CCO)CC(F)(F)F.